The Morgan fingerprint density at radius 1 is 0.967 bits per heavy atom. The van der Waals surface area contributed by atoms with Crippen LogP contribution in [0, 0.1) is 6.92 Å². The third-order valence-corrected chi connectivity index (χ3v) is 4.78. The van der Waals surface area contributed by atoms with Crippen LogP contribution in [0.5, 0.6) is 0 Å². The molecule has 164 valence electrons. The summed E-state index contributed by atoms with van der Waals surface area (Å²) in [6.45, 7) is 8.46. The average Bonchev–Trinajstić information content (AvgIpc) is 3.15. The number of rotatable bonds is 13. The number of nitrogens with zero attached hydrogens (tertiary/aromatic N) is 2. The van der Waals surface area contributed by atoms with Crippen molar-refractivity contribution >= 4 is 11.8 Å². The lowest BCUT2D eigenvalue weighted by Crippen LogP contribution is -2.43. The molecule has 30 heavy (non-hydrogen) atoms. The van der Waals surface area contributed by atoms with Crippen molar-refractivity contribution in [2.75, 3.05) is 26.3 Å². The summed E-state index contributed by atoms with van der Waals surface area (Å²) >= 11 is 0. The Hall–Kier alpha value is -2.60. The van der Waals surface area contributed by atoms with Gasteiger partial charge < -0.3 is 19.0 Å². The Morgan fingerprint density at radius 2 is 1.73 bits per heavy atom. The van der Waals surface area contributed by atoms with Crippen LogP contribution in [0.25, 0.3) is 0 Å². The number of benzene rings is 1. The Morgan fingerprint density at radius 3 is 2.37 bits per heavy atom. The number of ether oxygens (including phenoxy) is 1. The van der Waals surface area contributed by atoms with Gasteiger partial charge in [-0.25, -0.2) is 0 Å². The van der Waals surface area contributed by atoms with Crippen molar-refractivity contribution in [2.45, 2.75) is 53.1 Å². The molecule has 6 heteroatoms. The maximum atomic E-state index is 13.2. The van der Waals surface area contributed by atoms with Crippen LogP contribution in [-0.4, -0.2) is 47.9 Å². The van der Waals surface area contributed by atoms with Crippen LogP contribution in [-0.2, 0) is 27.4 Å². The van der Waals surface area contributed by atoms with Gasteiger partial charge in [0.05, 0.1) is 13.1 Å². The molecular weight excluding hydrogens is 380 g/mol. The molecule has 0 aliphatic rings. The van der Waals surface area contributed by atoms with Crippen molar-refractivity contribution in [2.24, 2.45) is 0 Å². The first kappa shape index (κ1) is 23.7. The summed E-state index contributed by atoms with van der Waals surface area (Å²) in [5, 5.41) is 0. The normalized spacial score (nSPS) is 10.8. The SMILES string of the molecule is CCCC(=O)N(CCCOCC)CC(=O)N(Cc1ccccc1)Cc1ccc(C)o1. The molecule has 0 aliphatic heterocycles. The lowest BCUT2D eigenvalue weighted by Gasteiger charge is -2.27. The van der Waals surface area contributed by atoms with Gasteiger partial charge in [-0.15, -0.1) is 0 Å². The molecule has 0 saturated heterocycles. The molecule has 0 saturated carbocycles. The van der Waals surface area contributed by atoms with Crippen LogP contribution in [0.4, 0.5) is 0 Å². The molecule has 2 aromatic rings. The van der Waals surface area contributed by atoms with E-state index in [4.69, 9.17) is 9.15 Å². The molecule has 0 aliphatic carbocycles. The van der Waals surface area contributed by atoms with Gasteiger partial charge in [0.1, 0.15) is 11.5 Å². The average molecular weight is 415 g/mol. The van der Waals surface area contributed by atoms with Gasteiger partial charge in [0.2, 0.25) is 11.8 Å². The van der Waals surface area contributed by atoms with Crippen molar-refractivity contribution in [3.05, 3.63) is 59.5 Å². The van der Waals surface area contributed by atoms with E-state index >= 15 is 0 Å². The quantitative estimate of drug-likeness (QED) is 0.462. The highest BCUT2D eigenvalue weighted by atomic mass is 16.5. The van der Waals surface area contributed by atoms with E-state index in [0.29, 0.717) is 45.7 Å². The summed E-state index contributed by atoms with van der Waals surface area (Å²) in [7, 11) is 0. The molecule has 0 spiro atoms. The van der Waals surface area contributed by atoms with Gasteiger partial charge in [-0.05, 0) is 44.4 Å². The minimum Gasteiger partial charge on any atom is -0.464 e. The van der Waals surface area contributed by atoms with Gasteiger partial charge in [0.15, 0.2) is 0 Å². The zero-order valence-corrected chi connectivity index (χ0v) is 18.4. The van der Waals surface area contributed by atoms with E-state index in [1.165, 1.54) is 0 Å². The van der Waals surface area contributed by atoms with Gasteiger partial charge in [-0.1, -0.05) is 37.3 Å². The second kappa shape index (κ2) is 12.9. The van der Waals surface area contributed by atoms with Crippen LogP contribution in [0.15, 0.2) is 46.9 Å². The summed E-state index contributed by atoms with van der Waals surface area (Å²) in [4.78, 5) is 29.2. The fourth-order valence-electron chi connectivity index (χ4n) is 3.22. The molecule has 0 unspecified atom stereocenters. The van der Waals surface area contributed by atoms with E-state index in [9.17, 15) is 9.59 Å². The maximum absolute atomic E-state index is 13.2. The van der Waals surface area contributed by atoms with Crippen molar-refractivity contribution in [3.63, 3.8) is 0 Å². The van der Waals surface area contributed by atoms with E-state index < -0.39 is 0 Å². The van der Waals surface area contributed by atoms with E-state index in [0.717, 1.165) is 23.5 Å². The predicted octanol–water partition coefficient (Wildman–Crippen LogP) is 4.17. The highest BCUT2D eigenvalue weighted by molar-refractivity contribution is 5.84. The second-order valence-corrected chi connectivity index (χ2v) is 7.36. The molecule has 0 atom stereocenters. The first-order valence-electron chi connectivity index (χ1n) is 10.8. The number of hydrogen-bond donors (Lipinski definition) is 0. The van der Waals surface area contributed by atoms with Gasteiger partial charge in [0.25, 0.3) is 0 Å². The van der Waals surface area contributed by atoms with E-state index in [1.807, 2.05) is 63.2 Å². The Labute approximate surface area is 179 Å². The number of amides is 2. The van der Waals surface area contributed by atoms with Gasteiger partial charge in [-0.3, -0.25) is 9.59 Å². The van der Waals surface area contributed by atoms with E-state index in [1.54, 1.807) is 9.80 Å². The Bertz CT molecular complexity index is 773. The largest absolute Gasteiger partial charge is 0.464 e. The van der Waals surface area contributed by atoms with Gasteiger partial charge in [-0.2, -0.15) is 0 Å². The third kappa shape index (κ3) is 8.03. The number of hydrogen-bond acceptors (Lipinski definition) is 4. The predicted molar refractivity (Wildman–Crippen MR) is 117 cm³/mol. The lowest BCUT2D eigenvalue weighted by atomic mass is 10.2. The van der Waals surface area contributed by atoms with Crippen molar-refractivity contribution < 1.29 is 18.7 Å². The summed E-state index contributed by atoms with van der Waals surface area (Å²) in [5.41, 5.74) is 1.04. The van der Waals surface area contributed by atoms with Gasteiger partial charge >= 0.3 is 0 Å². The smallest absolute Gasteiger partial charge is 0.242 e. The molecule has 2 amide bonds. The highest BCUT2D eigenvalue weighted by Gasteiger charge is 2.22. The minimum absolute atomic E-state index is 0.0100. The summed E-state index contributed by atoms with van der Waals surface area (Å²) < 4.78 is 11.1. The molecule has 0 radical (unpaired) electrons. The van der Waals surface area contributed by atoms with E-state index in [2.05, 4.69) is 0 Å². The molecule has 0 fully saturated rings. The van der Waals surface area contributed by atoms with Gasteiger partial charge in [0, 0.05) is 32.7 Å². The zero-order valence-electron chi connectivity index (χ0n) is 18.4. The Kier molecular flexibility index (Phi) is 10.1. The summed E-state index contributed by atoms with van der Waals surface area (Å²) in [6.07, 6.45) is 1.92. The first-order valence-corrected chi connectivity index (χ1v) is 10.8. The molecule has 1 heterocycles. The van der Waals surface area contributed by atoms with Crippen LogP contribution < -0.4 is 0 Å². The topological polar surface area (TPSA) is 63.0 Å². The zero-order chi connectivity index (χ0) is 21.8. The first-order chi connectivity index (χ1) is 14.5. The lowest BCUT2D eigenvalue weighted by molar-refractivity contribution is -0.141. The number of aryl methyl sites for hydroxylation is 1. The van der Waals surface area contributed by atoms with Crippen LogP contribution >= 0.6 is 0 Å². The monoisotopic (exact) mass is 414 g/mol. The summed E-state index contributed by atoms with van der Waals surface area (Å²) in [5.74, 6) is 1.47. The molecule has 0 N–H and O–H groups in total. The second-order valence-electron chi connectivity index (χ2n) is 7.36. The van der Waals surface area contributed by atoms with Crippen LogP contribution in [0.1, 0.15) is 50.2 Å². The number of furan rings is 1. The molecule has 2 rings (SSSR count). The van der Waals surface area contributed by atoms with E-state index in [-0.39, 0.29) is 18.4 Å². The third-order valence-electron chi connectivity index (χ3n) is 4.78. The number of carbonyl (C=O) groups is 2. The maximum Gasteiger partial charge on any atom is 0.242 e. The highest BCUT2D eigenvalue weighted by Crippen LogP contribution is 2.14. The van der Waals surface area contributed by atoms with Crippen molar-refractivity contribution in [1.82, 2.24) is 9.80 Å². The molecular formula is C24H34N2O4. The molecule has 0 bridgehead atoms. The van der Waals surface area contributed by atoms with Crippen LogP contribution in [0.2, 0.25) is 0 Å². The fraction of sp³-hybridized carbons (Fsp3) is 0.500. The summed E-state index contributed by atoms with van der Waals surface area (Å²) in [6, 6.07) is 13.6. The molecule has 1 aromatic heterocycles. The Balaban J connectivity index is 2.10. The minimum atomic E-state index is -0.0891. The van der Waals surface area contributed by atoms with Crippen LogP contribution in [0.3, 0.4) is 0 Å². The van der Waals surface area contributed by atoms with Crippen molar-refractivity contribution in [1.29, 1.82) is 0 Å². The molecule has 1 aromatic carbocycles. The molecule has 6 nitrogen and oxygen atoms in total. The van der Waals surface area contributed by atoms with Crippen molar-refractivity contribution in [3.8, 4) is 0 Å². The number of carbonyl (C=O) groups excluding carboxylic acids is 2. The standard InChI is InChI=1S/C24H34N2O4/c1-4-10-23(27)25(15-9-16-29-5-2)19-24(28)26(17-21-11-7-6-8-12-21)18-22-14-13-20(3)30-22/h6-8,11-14H,4-5,9-10,15-19H2,1-3H3. The fourth-order valence-corrected chi connectivity index (χ4v) is 3.22.